The molecule has 13 aliphatic rings. The van der Waals surface area contributed by atoms with Gasteiger partial charge in [-0.1, -0.05) is 391 Å². The number of hydrogen-bond donors (Lipinski definition) is 0. The largest absolute Gasteiger partial charge is 0.0651 e. The smallest absolute Gasteiger partial charge is 0.0287 e. The van der Waals surface area contributed by atoms with E-state index in [9.17, 15) is 0 Å². The second kappa shape index (κ2) is 43.6. The predicted molar refractivity (Wildman–Crippen MR) is 514 cm³/mol. The van der Waals surface area contributed by atoms with Gasteiger partial charge in [-0.25, -0.2) is 0 Å². The van der Waals surface area contributed by atoms with Gasteiger partial charge in [-0.05, 0) is 332 Å². The van der Waals surface area contributed by atoms with Gasteiger partial charge in [0.1, 0.15) is 0 Å². The summed E-state index contributed by atoms with van der Waals surface area (Å²) in [6, 6.07) is 0. The normalized spacial score (nSPS) is 30.1. The van der Waals surface area contributed by atoms with Crippen LogP contribution in [0.3, 0.4) is 0 Å². The van der Waals surface area contributed by atoms with Crippen LogP contribution < -0.4 is 0 Å². The van der Waals surface area contributed by atoms with Crippen LogP contribution in [0.5, 0.6) is 0 Å². The first-order valence-corrected chi connectivity index (χ1v) is 51.4. The molecule has 0 heterocycles. The van der Waals surface area contributed by atoms with Gasteiger partial charge in [0.05, 0.1) is 0 Å². The topological polar surface area (TPSA) is 0 Å². The summed E-state index contributed by atoms with van der Waals surface area (Å²) in [4.78, 5) is 0. The van der Waals surface area contributed by atoms with Crippen molar-refractivity contribution in [2.45, 2.75) is 583 Å². The van der Waals surface area contributed by atoms with E-state index >= 15 is 0 Å². The van der Waals surface area contributed by atoms with Crippen LogP contribution in [0.15, 0.2) is 0 Å². The van der Waals surface area contributed by atoms with Gasteiger partial charge < -0.3 is 0 Å². The summed E-state index contributed by atoms with van der Waals surface area (Å²) in [5.74, 6) is 7.87. The molecule has 672 valence electrons. The molecule has 13 rings (SSSR count). The molecule has 0 aliphatic heterocycles. The maximum Gasteiger partial charge on any atom is -0.0287 e. The van der Waals surface area contributed by atoms with Crippen molar-refractivity contribution in [3.05, 3.63) is 0 Å². The van der Waals surface area contributed by atoms with Crippen LogP contribution in [0.4, 0.5) is 0 Å². The van der Waals surface area contributed by atoms with Gasteiger partial charge in [-0.3, -0.25) is 0 Å². The molecule has 13 saturated carbocycles. The number of rotatable bonds is 2. The fourth-order valence-electron chi connectivity index (χ4n) is 29.7. The Labute approximate surface area is 718 Å². The zero-order chi connectivity index (χ0) is 85.9. The zero-order valence-electron chi connectivity index (χ0n) is 85.9. The molecule has 0 aromatic rings. The highest BCUT2D eigenvalue weighted by atomic mass is 14.5. The molecular weight excluding hydrogens is 1360 g/mol. The van der Waals surface area contributed by atoms with E-state index in [1.54, 1.807) is 25.7 Å². The Morgan fingerprint density at radius 1 is 0.177 bits per heavy atom. The molecule has 0 radical (unpaired) electrons. The minimum atomic E-state index is 0.547. The lowest BCUT2D eigenvalue weighted by molar-refractivity contribution is -0.0321. The van der Waals surface area contributed by atoms with Gasteiger partial charge in [0.15, 0.2) is 0 Å². The van der Waals surface area contributed by atoms with Crippen molar-refractivity contribution < 1.29 is 0 Å². The molecule has 0 unspecified atom stereocenters. The minimum Gasteiger partial charge on any atom is -0.0651 e. The Morgan fingerprint density at radius 2 is 0.434 bits per heavy atom. The van der Waals surface area contributed by atoms with Crippen LogP contribution in [-0.2, 0) is 0 Å². The van der Waals surface area contributed by atoms with Crippen molar-refractivity contribution in [3.8, 4) is 0 Å². The SMILES string of the molecule is CC1(C)CC(C)(C)CC(C)(C)C1.CC1(C)CCCCC1.CC1C(C)(C)CCCC1(C)C.CC1CC(C)(C)CC(C)(C)C1.CC1CCC(C)(C)CC1.CC1CCC2(CC1)CC(C)(C)CC(C)(C)C2.CC1CCC2(CC1)CCC(C)(C)CC2.CC1CCC2(CCCCC2)CC1.CCC1CC(C)(C)CC(C)(C)C1.CCC1CCCCC1. The van der Waals surface area contributed by atoms with Gasteiger partial charge in [-0.15, -0.1) is 0 Å². The van der Waals surface area contributed by atoms with Gasteiger partial charge in [0.2, 0.25) is 0 Å². The molecule has 0 aromatic carbocycles. The van der Waals surface area contributed by atoms with Crippen LogP contribution in [0.2, 0.25) is 0 Å². The maximum absolute atomic E-state index is 2.49. The Morgan fingerprint density at radius 3 is 0.717 bits per heavy atom. The van der Waals surface area contributed by atoms with Gasteiger partial charge in [0.25, 0.3) is 0 Å². The van der Waals surface area contributed by atoms with Crippen LogP contribution in [0, 0.1) is 139 Å². The lowest BCUT2D eigenvalue weighted by Gasteiger charge is -2.54. The van der Waals surface area contributed by atoms with E-state index < -0.39 is 0 Å². The summed E-state index contributed by atoms with van der Waals surface area (Å²) in [7, 11) is 0. The lowest BCUT2D eigenvalue weighted by Crippen LogP contribution is -2.43. The van der Waals surface area contributed by atoms with Crippen molar-refractivity contribution >= 4 is 0 Å². The maximum atomic E-state index is 2.49. The van der Waals surface area contributed by atoms with E-state index in [2.05, 4.69) is 249 Å². The van der Waals surface area contributed by atoms with E-state index in [-0.39, 0.29) is 0 Å². The molecule has 13 aliphatic carbocycles. The number of hydrogen-bond acceptors (Lipinski definition) is 0. The summed E-state index contributed by atoms with van der Waals surface area (Å²) in [5, 5.41) is 0. The molecule has 0 nitrogen and oxygen atoms in total. The van der Waals surface area contributed by atoms with Gasteiger partial charge in [-0.2, -0.15) is 0 Å². The van der Waals surface area contributed by atoms with Crippen LogP contribution in [0.25, 0.3) is 0 Å². The molecule has 3 spiro atoms. The standard InChI is InChI=1S/C16H30.C14H26.C12H22.2C12H24.2C11H22.C9H18.2C8H16/c1-13-6-8-16(9-7-13)11-14(2,3)10-15(4,5)12-16;1-12-4-6-14(7-5-12)10-8-13(2,3)9-11-14;1-11-5-9-12(10-6-11)7-3-2-4-8-12;1-10(2)7-11(3,4)9-12(5,6)8-10;1-6-10-7-11(2,3)9-12(4,5)8-10;1-9-6-10(2,3)8-11(4,5)7-9;1-9-10(2,3)7-6-8-11(9,4)5;1-8-4-6-9(2,3)7-5-8;1-8(2)6-4-3-5-7-8;1-2-8-6-4-3-5-7-8/h13H,6-12H2,1-5H3;12H,4-11H2,1-3H3;11H,2-10H2,1H3;7-9H2,1-6H3;10H,6-9H2,1-5H3;2*9H,6-8H2,1-5H3;8H,4-7H2,1-3H3;3-7H2,1-2H3;8H,2-7H2,1H3. The highest BCUT2D eigenvalue weighted by Crippen LogP contribution is 2.61. The van der Waals surface area contributed by atoms with E-state index in [0.717, 1.165) is 58.2 Å². The van der Waals surface area contributed by atoms with E-state index in [1.807, 2.05) is 0 Å². The Hall–Kier alpha value is 0. The van der Waals surface area contributed by atoms with Crippen LogP contribution in [0.1, 0.15) is 583 Å². The lowest BCUT2D eigenvalue weighted by atomic mass is 9.51. The molecule has 0 atom stereocenters. The van der Waals surface area contributed by atoms with Gasteiger partial charge >= 0.3 is 0 Å². The molecular formula is C113H220. The Bertz CT molecular complexity index is 2420. The summed E-state index contributed by atoms with van der Waals surface area (Å²) < 4.78 is 0. The molecule has 113 heavy (non-hydrogen) atoms. The Kier molecular flexibility index (Phi) is 40.6. The zero-order valence-corrected chi connectivity index (χ0v) is 85.9. The first-order chi connectivity index (χ1) is 51.4. The second-order valence-electron chi connectivity index (χ2n) is 56.4. The summed E-state index contributed by atoms with van der Waals surface area (Å²) in [5.41, 5.74) is 10.6. The van der Waals surface area contributed by atoms with E-state index in [1.165, 1.54) is 308 Å². The molecule has 0 amide bonds. The van der Waals surface area contributed by atoms with Crippen LogP contribution >= 0.6 is 0 Å². The highest BCUT2D eigenvalue weighted by molar-refractivity contribution is 5.00. The quantitative estimate of drug-likeness (QED) is 0.259. The molecule has 0 saturated heterocycles. The van der Waals surface area contributed by atoms with E-state index in [0.29, 0.717) is 81.2 Å². The summed E-state index contributed by atoms with van der Waals surface area (Å²) >= 11 is 0. The predicted octanol–water partition coefficient (Wildman–Crippen LogP) is 39.7. The molecule has 0 heteroatoms. The van der Waals surface area contributed by atoms with Crippen molar-refractivity contribution in [1.82, 2.24) is 0 Å². The third-order valence-corrected chi connectivity index (χ3v) is 34.2. The first-order valence-electron chi connectivity index (χ1n) is 51.4. The molecule has 0 bridgehead atoms. The first kappa shape index (κ1) is 105. The third-order valence-electron chi connectivity index (χ3n) is 34.2. The van der Waals surface area contributed by atoms with Crippen molar-refractivity contribution in [2.24, 2.45) is 139 Å². The second-order valence-corrected chi connectivity index (χ2v) is 56.4. The average Bonchev–Trinajstić information content (AvgIpc) is 0.764. The fraction of sp³-hybridized carbons (Fsp3) is 1.00. The third kappa shape index (κ3) is 40.9. The summed E-state index contributed by atoms with van der Waals surface area (Å²) in [6.45, 7) is 87.0. The Balaban J connectivity index is 0.000000266. The molecule has 0 aromatic heterocycles. The van der Waals surface area contributed by atoms with Crippen molar-refractivity contribution in [3.63, 3.8) is 0 Å². The van der Waals surface area contributed by atoms with Crippen molar-refractivity contribution in [1.29, 1.82) is 0 Å². The van der Waals surface area contributed by atoms with E-state index in [4.69, 9.17) is 0 Å². The fourth-order valence-corrected chi connectivity index (χ4v) is 29.7. The minimum absolute atomic E-state index is 0.547. The van der Waals surface area contributed by atoms with Gasteiger partial charge in [0, 0.05) is 0 Å². The highest BCUT2D eigenvalue weighted by Gasteiger charge is 2.49. The summed E-state index contributed by atoms with van der Waals surface area (Å²) in [6.07, 6.45) is 76.5. The average molecular weight is 1580 g/mol. The van der Waals surface area contributed by atoms with Crippen molar-refractivity contribution in [2.75, 3.05) is 0 Å². The van der Waals surface area contributed by atoms with Crippen LogP contribution in [-0.4, -0.2) is 0 Å². The molecule has 13 fully saturated rings. The monoisotopic (exact) mass is 1580 g/mol. The molecule has 0 N–H and O–H groups in total.